The lowest BCUT2D eigenvalue weighted by molar-refractivity contribution is -0.122. The molecule has 0 unspecified atom stereocenters. The molecule has 2 aliphatic heterocycles. The molecule has 3 N–H and O–H groups in total. The number of carbonyl (C=O) groups excluding carboxylic acids is 2. The van der Waals surface area contributed by atoms with Crippen LogP contribution in [0, 0.1) is 11.3 Å². The van der Waals surface area contributed by atoms with Crippen LogP contribution in [0.15, 0.2) is 86.6 Å². The first-order valence-electron chi connectivity index (χ1n) is 12.5. The summed E-state index contributed by atoms with van der Waals surface area (Å²) in [7, 11) is 1.89. The summed E-state index contributed by atoms with van der Waals surface area (Å²) in [5.74, 6) is -0.189. The molecule has 3 aromatic carbocycles. The van der Waals surface area contributed by atoms with Gasteiger partial charge in [-0.25, -0.2) is 4.99 Å². The second-order valence-electron chi connectivity index (χ2n) is 8.93. The molecule has 0 aliphatic carbocycles. The van der Waals surface area contributed by atoms with Crippen LogP contribution in [0.4, 0.5) is 17.1 Å². The van der Waals surface area contributed by atoms with E-state index in [1.807, 2.05) is 67.4 Å². The van der Waals surface area contributed by atoms with Crippen LogP contribution in [-0.4, -0.2) is 42.1 Å². The fraction of sp³-hybridized carbons (Fsp3) is 0.172. The number of anilines is 2. The number of carbonyl (C=O) groups is 2. The maximum atomic E-state index is 14.0. The van der Waals surface area contributed by atoms with Crippen LogP contribution >= 0.6 is 23.5 Å². The van der Waals surface area contributed by atoms with E-state index < -0.39 is 5.91 Å². The highest BCUT2D eigenvalue weighted by molar-refractivity contribution is 8.19. The predicted octanol–water partition coefficient (Wildman–Crippen LogP) is 5.03. The average Bonchev–Trinajstić information content (AvgIpc) is 3.44. The lowest BCUT2D eigenvalue weighted by Gasteiger charge is -2.17. The van der Waals surface area contributed by atoms with E-state index in [9.17, 15) is 14.9 Å². The highest BCUT2D eigenvalue weighted by Gasteiger charge is 2.39. The second-order valence-corrected chi connectivity index (χ2v) is 10.9. The fourth-order valence-corrected chi connectivity index (χ4v) is 6.55. The number of rotatable bonds is 8. The Morgan fingerprint density at radius 1 is 1.12 bits per heavy atom. The summed E-state index contributed by atoms with van der Waals surface area (Å²) >= 11 is 2.80. The zero-order valence-corrected chi connectivity index (χ0v) is 23.5. The molecule has 5 rings (SSSR count). The number of nitrogens with two attached hydrogens (primary N) is 1. The molecule has 2 aliphatic rings. The zero-order chi connectivity index (χ0) is 28.2. The van der Waals surface area contributed by atoms with Gasteiger partial charge in [0.25, 0.3) is 11.8 Å². The number of aliphatic imine (C=N–C) groups is 1. The van der Waals surface area contributed by atoms with Crippen LogP contribution in [0.5, 0.6) is 5.75 Å². The van der Waals surface area contributed by atoms with Gasteiger partial charge in [0, 0.05) is 24.6 Å². The highest BCUT2D eigenvalue weighted by Crippen LogP contribution is 2.51. The molecule has 1 fully saturated rings. The first-order valence-corrected chi connectivity index (χ1v) is 14.1. The predicted molar refractivity (Wildman–Crippen MR) is 159 cm³/mol. The van der Waals surface area contributed by atoms with E-state index in [0.29, 0.717) is 40.2 Å². The van der Waals surface area contributed by atoms with Gasteiger partial charge in [0.05, 0.1) is 40.3 Å². The Kier molecular flexibility index (Phi) is 8.00. The third kappa shape index (κ3) is 5.64. The molecule has 40 heavy (non-hydrogen) atoms. The van der Waals surface area contributed by atoms with Crippen LogP contribution < -0.4 is 20.7 Å². The van der Waals surface area contributed by atoms with Gasteiger partial charge in [-0.2, -0.15) is 5.26 Å². The van der Waals surface area contributed by atoms with Crippen molar-refractivity contribution in [2.45, 2.75) is 18.4 Å². The molecule has 3 aromatic rings. The summed E-state index contributed by atoms with van der Waals surface area (Å²) in [6.07, 6.45) is 0. The summed E-state index contributed by atoms with van der Waals surface area (Å²) < 4.78 is 5.48. The van der Waals surface area contributed by atoms with E-state index in [-0.39, 0.29) is 12.5 Å². The molecule has 0 spiro atoms. The van der Waals surface area contributed by atoms with E-state index in [0.717, 1.165) is 26.9 Å². The maximum Gasteiger partial charge on any atom is 0.269 e. The lowest BCUT2D eigenvalue weighted by Crippen LogP contribution is -2.29. The molecular formula is C29H26N6O3S2. The Morgan fingerprint density at radius 2 is 1.93 bits per heavy atom. The Morgan fingerprint density at radius 3 is 2.65 bits per heavy atom. The smallest absolute Gasteiger partial charge is 0.269 e. The maximum absolute atomic E-state index is 14.0. The number of nitrogens with one attached hydrogen (secondary N) is 1. The van der Waals surface area contributed by atoms with Gasteiger partial charge in [0.2, 0.25) is 0 Å². The van der Waals surface area contributed by atoms with E-state index in [4.69, 9.17) is 15.5 Å². The molecule has 0 radical (unpaired) electrons. The number of nitrogens with zero attached hydrogens (tertiary/aromatic N) is 4. The third-order valence-electron chi connectivity index (χ3n) is 6.14. The van der Waals surface area contributed by atoms with Gasteiger partial charge in [-0.05, 0) is 54.6 Å². The number of benzene rings is 3. The number of primary amides is 1. The molecule has 2 amide bonds. The average molecular weight is 571 g/mol. The Labute approximate surface area is 240 Å². The number of amidine groups is 1. The number of thioether (sulfide) groups is 2. The second kappa shape index (κ2) is 11.8. The van der Waals surface area contributed by atoms with Crippen LogP contribution in [0.25, 0.3) is 0 Å². The highest BCUT2D eigenvalue weighted by atomic mass is 32.2. The van der Waals surface area contributed by atoms with Crippen molar-refractivity contribution in [3.63, 3.8) is 0 Å². The summed E-state index contributed by atoms with van der Waals surface area (Å²) in [6, 6.07) is 22.7. The lowest BCUT2D eigenvalue weighted by atomic mass is 10.2. The summed E-state index contributed by atoms with van der Waals surface area (Å²) in [4.78, 5) is 35.1. The van der Waals surface area contributed by atoms with Crippen molar-refractivity contribution < 1.29 is 14.3 Å². The van der Waals surface area contributed by atoms with Gasteiger partial charge < -0.3 is 20.7 Å². The van der Waals surface area contributed by atoms with Crippen molar-refractivity contribution in [2.75, 3.05) is 30.4 Å². The van der Waals surface area contributed by atoms with Gasteiger partial charge in [-0.3, -0.25) is 14.5 Å². The zero-order valence-electron chi connectivity index (χ0n) is 21.9. The first-order chi connectivity index (χ1) is 19.4. The minimum Gasteiger partial charge on any atom is -0.484 e. The largest absolute Gasteiger partial charge is 0.484 e. The number of hydrogen-bond donors (Lipinski definition) is 2. The molecular weight excluding hydrogens is 544 g/mol. The molecule has 9 nitrogen and oxygen atoms in total. The van der Waals surface area contributed by atoms with Crippen molar-refractivity contribution in [1.29, 1.82) is 5.26 Å². The van der Waals surface area contributed by atoms with Gasteiger partial charge in [-0.1, -0.05) is 42.1 Å². The van der Waals surface area contributed by atoms with Crippen molar-refractivity contribution in [1.82, 2.24) is 4.90 Å². The molecule has 0 saturated carbocycles. The summed E-state index contributed by atoms with van der Waals surface area (Å²) in [5.41, 5.74) is 8.91. The van der Waals surface area contributed by atoms with Gasteiger partial charge in [0.1, 0.15) is 10.7 Å². The quantitative estimate of drug-likeness (QED) is 0.362. The van der Waals surface area contributed by atoms with Gasteiger partial charge in [-0.15, -0.1) is 0 Å². The molecule has 202 valence electrons. The van der Waals surface area contributed by atoms with E-state index in [2.05, 4.69) is 11.4 Å². The number of ether oxygens (including phenoxy) is 1. The van der Waals surface area contributed by atoms with E-state index in [1.165, 1.54) is 23.5 Å². The van der Waals surface area contributed by atoms with Gasteiger partial charge in [0.15, 0.2) is 11.8 Å². The first kappa shape index (κ1) is 27.2. The van der Waals surface area contributed by atoms with Crippen LogP contribution in [0.2, 0.25) is 0 Å². The Balaban J connectivity index is 1.54. The van der Waals surface area contributed by atoms with Crippen molar-refractivity contribution >= 4 is 57.6 Å². The molecule has 0 atom stereocenters. The Hall–Kier alpha value is -4.40. The van der Waals surface area contributed by atoms with Crippen molar-refractivity contribution in [3.8, 4) is 11.8 Å². The molecule has 2 heterocycles. The standard InChI is InChI=1S/C29H26N6O3S2/c1-3-32-21-11-9-19(15-30)13-22(21)33-29-35(16-18-7-5-4-6-8-18)27(37)26(40-29)28-34(2)23-14-20(38-17-25(31)36)10-12-24(23)39-28/h4-14,32H,3,16-17H2,1-2H3,(H2,31,36)/b28-26-,33-29+. The van der Waals surface area contributed by atoms with Crippen molar-refractivity contribution in [2.24, 2.45) is 10.7 Å². The third-order valence-corrected chi connectivity index (χ3v) is 8.57. The monoisotopic (exact) mass is 570 g/mol. The summed E-state index contributed by atoms with van der Waals surface area (Å²) in [6.45, 7) is 2.81. The van der Waals surface area contributed by atoms with Crippen molar-refractivity contribution in [3.05, 3.63) is 87.8 Å². The summed E-state index contributed by atoms with van der Waals surface area (Å²) in [5, 5.41) is 14.1. The number of nitriles is 1. The SMILES string of the molecule is CCNc1ccc(C#N)cc1/N=C1/S/C(=C2\Sc3ccc(OCC(N)=O)cc3N2C)C(=O)N1Cc1ccccc1. The normalized spacial score (nSPS) is 17.2. The number of fused-ring (bicyclic) bond motifs is 1. The topological polar surface area (TPSA) is 124 Å². The minimum atomic E-state index is -0.554. The molecule has 11 heteroatoms. The van der Waals surface area contributed by atoms with Gasteiger partial charge >= 0.3 is 0 Å². The number of hydrogen-bond acceptors (Lipinski definition) is 9. The van der Waals surface area contributed by atoms with Crippen LogP contribution in [0.1, 0.15) is 18.1 Å². The molecule has 0 bridgehead atoms. The van der Waals surface area contributed by atoms with Crippen LogP contribution in [-0.2, 0) is 16.1 Å². The minimum absolute atomic E-state index is 0.151. The molecule has 0 aromatic heterocycles. The van der Waals surface area contributed by atoms with Crippen LogP contribution in [0.3, 0.4) is 0 Å². The molecule has 1 saturated heterocycles. The number of amides is 2. The van der Waals surface area contributed by atoms with E-state index >= 15 is 0 Å². The van der Waals surface area contributed by atoms with E-state index in [1.54, 1.807) is 23.1 Å². The fourth-order valence-electron chi connectivity index (χ4n) is 4.23. The Bertz CT molecular complexity index is 1580.